The van der Waals surface area contributed by atoms with Gasteiger partial charge in [-0.05, 0) is 30.7 Å². The second-order valence-corrected chi connectivity index (χ2v) is 5.96. The van der Waals surface area contributed by atoms with E-state index in [-0.39, 0.29) is 12.5 Å². The molecule has 6 heteroatoms. The number of nitrogens with zero attached hydrogens (tertiary/aromatic N) is 1. The number of carbonyl (C=O) groups is 1. The third-order valence-electron chi connectivity index (χ3n) is 4.22. The molecule has 0 bridgehead atoms. The Morgan fingerprint density at radius 1 is 1.00 bits per heavy atom. The second kappa shape index (κ2) is 7.39. The first-order valence-corrected chi connectivity index (χ1v) is 8.21. The van der Waals surface area contributed by atoms with Gasteiger partial charge in [0.1, 0.15) is 23.8 Å². The van der Waals surface area contributed by atoms with E-state index < -0.39 is 0 Å². The molecule has 26 heavy (non-hydrogen) atoms. The Bertz CT molecular complexity index is 946. The predicted molar refractivity (Wildman–Crippen MR) is 101 cm³/mol. The molecule has 1 N–H and O–H groups in total. The second-order valence-electron chi connectivity index (χ2n) is 5.96. The predicted octanol–water partition coefficient (Wildman–Crippen LogP) is 3.61. The molecule has 136 valence electrons. The van der Waals surface area contributed by atoms with E-state index >= 15 is 0 Å². The maximum atomic E-state index is 12.6. The molecule has 0 aliphatic heterocycles. The number of methoxy groups -OCH3 is 3. The van der Waals surface area contributed by atoms with Gasteiger partial charge in [-0.1, -0.05) is 6.07 Å². The highest BCUT2D eigenvalue weighted by molar-refractivity contribution is 5.94. The van der Waals surface area contributed by atoms with Crippen molar-refractivity contribution in [2.24, 2.45) is 0 Å². The topological polar surface area (TPSA) is 61.7 Å². The molecule has 1 aromatic heterocycles. The molecule has 0 unspecified atom stereocenters. The molecule has 2 aromatic carbocycles. The summed E-state index contributed by atoms with van der Waals surface area (Å²) in [6.07, 6.45) is 1.86. The molecular weight excluding hydrogens is 332 g/mol. The molecule has 0 fully saturated rings. The van der Waals surface area contributed by atoms with Crippen LogP contribution >= 0.6 is 0 Å². The normalized spacial score (nSPS) is 10.6. The van der Waals surface area contributed by atoms with Crippen molar-refractivity contribution in [3.8, 4) is 17.2 Å². The number of nitrogens with one attached hydrogen (secondary N) is 1. The number of ether oxygens (including phenoxy) is 3. The third-order valence-corrected chi connectivity index (χ3v) is 4.22. The third kappa shape index (κ3) is 3.44. The van der Waals surface area contributed by atoms with Crippen LogP contribution in [0.1, 0.15) is 5.56 Å². The molecule has 1 heterocycles. The van der Waals surface area contributed by atoms with Gasteiger partial charge < -0.3 is 24.1 Å². The van der Waals surface area contributed by atoms with Crippen LogP contribution in [0.15, 0.2) is 42.6 Å². The number of carbonyl (C=O) groups excluding carboxylic acids is 1. The minimum absolute atomic E-state index is 0.145. The average molecular weight is 354 g/mol. The highest BCUT2D eigenvalue weighted by Gasteiger charge is 2.13. The molecule has 0 saturated carbocycles. The van der Waals surface area contributed by atoms with Crippen LogP contribution in [0.5, 0.6) is 17.2 Å². The Labute approximate surface area is 152 Å². The minimum Gasteiger partial charge on any atom is -0.497 e. The van der Waals surface area contributed by atoms with Crippen LogP contribution in [0.2, 0.25) is 0 Å². The summed E-state index contributed by atoms with van der Waals surface area (Å²) in [5.74, 6) is 1.87. The van der Waals surface area contributed by atoms with Gasteiger partial charge in [0.25, 0.3) is 0 Å². The number of rotatable bonds is 6. The average Bonchev–Trinajstić information content (AvgIpc) is 3.03. The van der Waals surface area contributed by atoms with Gasteiger partial charge in [-0.25, -0.2) is 0 Å². The van der Waals surface area contributed by atoms with Gasteiger partial charge in [0.2, 0.25) is 5.91 Å². The summed E-state index contributed by atoms with van der Waals surface area (Å²) in [6.45, 7) is 2.13. The Kier molecular flexibility index (Phi) is 5.02. The van der Waals surface area contributed by atoms with E-state index in [4.69, 9.17) is 14.2 Å². The van der Waals surface area contributed by atoms with Crippen LogP contribution < -0.4 is 19.5 Å². The summed E-state index contributed by atoms with van der Waals surface area (Å²) in [4.78, 5) is 12.6. The molecule has 3 rings (SSSR count). The van der Waals surface area contributed by atoms with E-state index in [0.29, 0.717) is 22.9 Å². The van der Waals surface area contributed by atoms with Crippen molar-refractivity contribution in [3.63, 3.8) is 0 Å². The molecule has 0 aliphatic rings. The highest BCUT2D eigenvalue weighted by Crippen LogP contribution is 2.32. The maximum Gasteiger partial charge on any atom is 0.244 e. The number of benzene rings is 2. The van der Waals surface area contributed by atoms with Gasteiger partial charge >= 0.3 is 0 Å². The van der Waals surface area contributed by atoms with E-state index in [1.807, 2.05) is 54.1 Å². The summed E-state index contributed by atoms with van der Waals surface area (Å²) in [5.41, 5.74) is 2.57. The quantitative estimate of drug-likeness (QED) is 0.734. The smallest absolute Gasteiger partial charge is 0.244 e. The van der Waals surface area contributed by atoms with Crippen molar-refractivity contribution in [1.29, 1.82) is 0 Å². The standard InChI is InChI=1S/C20H22N2O4/c1-13-5-6-18(25-3)16(9-13)21-20(23)12-22-8-7-15-17(22)10-14(24-2)11-19(15)26-4/h5-11H,12H2,1-4H3,(H,21,23). The van der Waals surface area contributed by atoms with Crippen molar-refractivity contribution >= 4 is 22.5 Å². The van der Waals surface area contributed by atoms with Crippen LogP contribution in [0.3, 0.4) is 0 Å². The first-order chi connectivity index (χ1) is 12.5. The number of anilines is 1. The lowest BCUT2D eigenvalue weighted by molar-refractivity contribution is -0.116. The lowest BCUT2D eigenvalue weighted by Gasteiger charge is -2.12. The number of amides is 1. The molecular formula is C20H22N2O4. The van der Waals surface area contributed by atoms with Gasteiger partial charge in [0.15, 0.2) is 0 Å². The minimum atomic E-state index is -0.145. The van der Waals surface area contributed by atoms with E-state index in [0.717, 1.165) is 16.5 Å². The molecule has 0 spiro atoms. The molecule has 0 aliphatic carbocycles. The van der Waals surface area contributed by atoms with Crippen molar-refractivity contribution in [3.05, 3.63) is 48.2 Å². The van der Waals surface area contributed by atoms with E-state index in [1.165, 1.54) is 0 Å². The zero-order valence-corrected chi connectivity index (χ0v) is 15.3. The van der Waals surface area contributed by atoms with Gasteiger partial charge in [-0.3, -0.25) is 4.79 Å². The fourth-order valence-corrected chi connectivity index (χ4v) is 2.93. The number of aryl methyl sites for hydroxylation is 1. The fraction of sp³-hybridized carbons (Fsp3) is 0.250. The zero-order chi connectivity index (χ0) is 18.7. The first-order valence-electron chi connectivity index (χ1n) is 8.21. The Hall–Kier alpha value is -3.15. The van der Waals surface area contributed by atoms with Gasteiger partial charge in [0.05, 0.1) is 32.5 Å². The lowest BCUT2D eigenvalue weighted by atomic mass is 10.2. The summed E-state index contributed by atoms with van der Waals surface area (Å²) in [5, 5.41) is 3.84. The van der Waals surface area contributed by atoms with Crippen molar-refractivity contribution in [1.82, 2.24) is 4.57 Å². The molecule has 1 amide bonds. The number of fused-ring (bicyclic) bond motifs is 1. The zero-order valence-electron chi connectivity index (χ0n) is 15.3. The number of aromatic nitrogens is 1. The summed E-state index contributed by atoms with van der Waals surface area (Å²) >= 11 is 0. The molecule has 0 saturated heterocycles. The van der Waals surface area contributed by atoms with E-state index in [9.17, 15) is 4.79 Å². The summed E-state index contributed by atoms with van der Waals surface area (Å²) < 4.78 is 17.9. The van der Waals surface area contributed by atoms with Gasteiger partial charge in [-0.15, -0.1) is 0 Å². The van der Waals surface area contributed by atoms with Crippen molar-refractivity contribution < 1.29 is 19.0 Å². The first kappa shape index (κ1) is 17.7. The van der Waals surface area contributed by atoms with Crippen LogP contribution in [0, 0.1) is 6.92 Å². The lowest BCUT2D eigenvalue weighted by Crippen LogP contribution is -2.18. The van der Waals surface area contributed by atoms with Crippen molar-refractivity contribution in [2.75, 3.05) is 26.6 Å². The number of hydrogen-bond acceptors (Lipinski definition) is 4. The van der Waals surface area contributed by atoms with E-state index in [2.05, 4.69) is 5.32 Å². The Morgan fingerprint density at radius 3 is 2.46 bits per heavy atom. The molecule has 0 atom stereocenters. The Morgan fingerprint density at radius 2 is 1.77 bits per heavy atom. The summed E-state index contributed by atoms with van der Waals surface area (Å²) in [7, 11) is 4.80. The number of hydrogen-bond donors (Lipinski definition) is 1. The largest absolute Gasteiger partial charge is 0.497 e. The van der Waals surface area contributed by atoms with Gasteiger partial charge in [-0.2, -0.15) is 0 Å². The monoisotopic (exact) mass is 354 g/mol. The summed E-state index contributed by atoms with van der Waals surface area (Å²) in [6, 6.07) is 11.3. The van der Waals surface area contributed by atoms with Crippen LogP contribution in [-0.2, 0) is 11.3 Å². The van der Waals surface area contributed by atoms with Crippen molar-refractivity contribution in [2.45, 2.75) is 13.5 Å². The van der Waals surface area contributed by atoms with Crippen LogP contribution in [0.4, 0.5) is 5.69 Å². The molecule has 6 nitrogen and oxygen atoms in total. The molecule has 3 aromatic rings. The van der Waals surface area contributed by atoms with Crippen LogP contribution in [0.25, 0.3) is 10.9 Å². The van der Waals surface area contributed by atoms with Gasteiger partial charge in [0, 0.05) is 23.7 Å². The maximum absolute atomic E-state index is 12.6. The highest BCUT2D eigenvalue weighted by atomic mass is 16.5. The molecule has 0 radical (unpaired) electrons. The Balaban J connectivity index is 1.87. The fourth-order valence-electron chi connectivity index (χ4n) is 2.93. The van der Waals surface area contributed by atoms with E-state index in [1.54, 1.807) is 21.3 Å². The van der Waals surface area contributed by atoms with Crippen LogP contribution in [-0.4, -0.2) is 31.8 Å². The SMILES string of the molecule is COc1cc(OC)c2ccn(CC(=O)Nc3cc(C)ccc3OC)c2c1.